The quantitative estimate of drug-likeness (QED) is 0.791. The van der Waals surface area contributed by atoms with E-state index in [0.717, 1.165) is 5.56 Å². The first-order valence-corrected chi connectivity index (χ1v) is 5.52. The molecule has 1 amide bonds. The second-order valence-electron chi connectivity index (χ2n) is 3.93. The van der Waals surface area contributed by atoms with Crippen LogP contribution >= 0.6 is 0 Å². The number of aliphatic hydroxyl groups is 1. The third-order valence-electron chi connectivity index (χ3n) is 2.48. The van der Waals surface area contributed by atoms with Gasteiger partial charge in [-0.3, -0.25) is 4.79 Å². The summed E-state index contributed by atoms with van der Waals surface area (Å²) in [6.07, 6.45) is 0.557. The molecule has 1 rings (SSSR count). The summed E-state index contributed by atoms with van der Waals surface area (Å²) in [4.78, 5) is 11.5. The van der Waals surface area contributed by atoms with Crippen LogP contribution in [0.1, 0.15) is 12.5 Å². The molecule has 4 nitrogen and oxygen atoms in total. The highest BCUT2D eigenvalue weighted by Gasteiger charge is 2.16. The molecule has 17 heavy (non-hydrogen) atoms. The molecular formula is C13H16N2O2. The summed E-state index contributed by atoms with van der Waals surface area (Å²) in [5, 5.41) is 20.5. The number of hydrogen-bond donors (Lipinski definition) is 2. The number of nitriles is 1. The average molecular weight is 232 g/mol. The smallest absolute Gasteiger partial charge is 0.237 e. The Morgan fingerprint density at radius 1 is 1.47 bits per heavy atom. The lowest BCUT2D eigenvalue weighted by atomic mass is 10.1. The second-order valence-corrected chi connectivity index (χ2v) is 3.93. The fourth-order valence-corrected chi connectivity index (χ4v) is 1.44. The number of carbonyl (C=O) groups is 1. The van der Waals surface area contributed by atoms with Gasteiger partial charge in [-0.15, -0.1) is 0 Å². The molecule has 0 spiro atoms. The van der Waals surface area contributed by atoms with Crippen LogP contribution in [0.3, 0.4) is 0 Å². The van der Waals surface area contributed by atoms with Gasteiger partial charge in [0.05, 0.1) is 18.7 Å². The molecule has 2 atom stereocenters. The van der Waals surface area contributed by atoms with Crippen molar-refractivity contribution in [2.24, 2.45) is 5.92 Å². The van der Waals surface area contributed by atoms with Crippen LogP contribution < -0.4 is 5.32 Å². The van der Waals surface area contributed by atoms with Gasteiger partial charge < -0.3 is 10.4 Å². The lowest BCUT2D eigenvalue weighted by Gasteiger charge is -2.17. The number of hydrogen-bond acceptors (Lipinski definition) is 3. The summed E-state index contributed by atoms with van der Waals surface area (Å²) >= 11 is 0. The molecule has 2 N–H and O–H groups in total. The molecule has 0 saturated heterocycles. The van der Waals surface area contributed by atoms with Gasteiger partial charge in [0.15, 0.2) is 0 Å². The minimum atomic E-state index is -0.695. The highest BCUT2D eigenvalue weighted by atomic mass is 16.3. The summed E-state index contributed by atoms with van der Waals surface area (Å²) < 4.78 is 0. The Bertz CT molecular complexity index is 398. The summed E-state index contributed by atoms with van der Waals surface area (Å²) in [6, 6.07) is 11.1. The Morgan fingerprint density at radius 2 is 2.12 bits per heavy atom. The Morgan fingerprint density at radius 3 is 2.65 bits per heavy atom. The SMILES string of the molecule is CC(C#N)C(=O)N[C@H](CO)Cc1ccccc1. The Kier molecular flexibility index (Phi) is 5.18. The first-order valence-electron chi connectivity index (χ1n) is 5.52. The van der Waals surface area contributed by atoms with Crippen LogP contribution in [-0.2, 0) is 11.2 Å². The van der Waals surface area contributed by atoms with Crippen LogP contribution in [0.25, 0.3) is 0 Å². The maximum absolute atomic E-state index is 11.5. The molecule has 0 saturated carbocycles. The number of nitrogens with one attached hydrogen (secondary N) is 1. The molecule has 0 radical (unpaired) electrons. The lowest BCUT2D eigenvalue weighted by molar-refractivity contribution is -0.123. The van der Waals surface area contributed by atoms with Gasteiger partial charge in [0.25, 0.3) is 0 Å². The molecule has 0 aliphatic rings. The number of benzene rings is 1. The van der Waals surface area contributed by atoms with Crippen molar-refractivity contribution in [1.82, 2.24) is 5.32 Å². The largest absolute Gasteiger partial charge is 0.394 e. The van der Waals surface area contributed by atoms with Crippen LogP contribution in [0.2, 0.25) is 0 Å². The molecular weight excluding hydrogens is 216 g/mol. The summed E-state index contributed by atoms with van der Waals surface area (Å²) in [5.41, 5.74) is 1.04. The molecule has 0 aliphatic carbocycles. The first kappa shape index (κ1) is 13.2. The van der Waals surface area contributed by atoms with Gasteiger partial charge in [0, 0.05) is 0 Å². The van der Waals surface area contributed by atoms with Gasteiger partial charge >= 0.3 is 0 Å². The van der Waals surface area contributed by atoms with Crippen molar-refractivity contribution in [2.75, 3.05) is 6.61 Å². The molecule has 1 aromatic rings. The Balaban J connectivity index is 2.56. The zero-order valence-electron chi connectivity index (χ0n) is 9.76. The zero-order chi connectivity index (χ0) is 12.7. The monoisotopic (exact) mass is 232 g/mol. The molecule has 0 aromatic heterocycles. The van der Waals surface area contributed by atoms with Gasteiger partial charge in [-0.05, 0) is 18.9 Å². The van der Waals surface area contributed by atoms with Gasteiger partial charge in [-0.2, -0.15) is 5.26 Å². The van der Waals surface area contributed by atoms with Crippen LogP contribution in [-0.4, -0.2) is 23.7 Å². The fraction of sp³-hybridized carbons (Fsp3) is 0.385. The predicted molar refractivity (Wildman–Crippen MR) is 63.9 cm³/mol. The van der Waals surface area contributed by atoms with Crippen molar-refractivity contribution in [3.8, 4) is 6.07 Å². The number of carbonyl (C=O) groups excluding carboxylic acids is 1. The molecule has 0 fully saturated rings. The zero-order valence-corrected chi connectivity index (χ0v) is 9.76. The third kappa shape index (κ3) is 4.25. The summed E-state index contributed by atoms with van der Waals surface area (Å²) in [7, 11) is 0. The van der Waals surface area contributed by atoms with Crippen molar-refractivity contribution < 1.29 is 9.90 Å². The van der Waals surface area contributed by atoms with Crippen molar-refractivity contribution in [2.45, 2.75) is 19.4 Å². The summed E-state index contributed by atoms with van der Waals surface area (Å²) in [6.45, 7) is 1.39. The molecule has 90 valence electrons. The van der Waals surface area contributed by atoms with E-state index in [2.05, 4.69) is 5.32 Å². The Hall–Kier alpha value is -1.86. The van der Waals surface area contributed by atoms with Crippen LogP contribution in [0.4, 0.5) is 0 Å². The van der Waals surface area contributed by atoms with Crippen molar-refractivity contribution >= 4 is 5.91 Å². The Labute approximate surface area is 101 Å². The van der Waals surface area contributed by atoms with E-state index in [9.17, 15) is 9.90 Å². The molecule has 1 aromatic carbocycles. The van der Waals surface area contributed by atoms with Gasteiger partial charge in [0.1, 0.15) is 5.92 Å². The van der Waals surface area contributed by atoms with E-state index >= 15 is 0 Å². The molecule has 4 heteroatoms. The molecule has 0 heterocycles. The minimum absolute atomic E-state index is 0.140. The number of amides is 1. The molecule has 0 aliphatic heterocycles. The molecule has 0 bridgehead atoms. The first-order chi connectivity index (χ1) is 8.17. The fourth-order valence-electron chi connectivity index (χ4n) is 1.44. The molecule has 1 unspecified atom stereocenters. The van der Waals surface area contributed by atoms with Crippen LogP contribution in [0.15, 0.2) is 30.3 Å². The normalized spacial score (nSPS) is 13.5. The average Bonchev–Trinajstić information content (AvgIpc) is 2.38. The van der Waals surface area contributed by atoms with Crippen LogP contribution in [0.5, 0.6) is 0 Å². The van der Waals surface area contributed by atoms with Crippen molar-refractivity contribution in [3.63, 3.8) is 0 Å². The highest BCUT2D eigenvalue weighted by Crippen LogP contribution is 2.03. The standard InChI is InChI=1S/C13H16N2O2/c1-10(8-14)13(17)15-12(9-16)7-11-5-3-2-4-6-11/h2-6,10,12,16H,7,9H2,1H3,(H,15,17)/t10?,12-/m0/s1. The lowest BCUT2D eigenvalue weighted by Crippen LogP contribution is -2.41. The van der Waals surface area contributed by atoms with E-state index in [1.807, 2.05) is 36.4 Å². The van der Waals surface area contributed by atoms with Crippen molar-refractivity contribution in [3.05, 3.63) is 35.9 Å². The van der Waals surface area contributed by atoms with E-state index in [1.54, 1.807) is 0 Å². The third-order valence-corrected chi connectivity index (χ3v) is 2.48. The highest BCUT2D eigenvalue weighted by molar-refractivity contribution is 5.80. The van der Waals surface area contributed by atoms with Gasteiger partial charge in [-0.25, -0.2) is 0 Å². The van der Waals surface area contributed by atoms with E-state index in [-0.39, 0.29) is 18.6 Å². The van der Waals surface area contributed by atoms with Gasteiger partial charge in [0.2, 0.25) is 5.91 Å². The summed E-state index contributed by atoms with van der Waals surface area (Å²) in [5.74, 6) is -1.04. The maximum Gasteiger partial charge on any atom is 0.237 e. The predicted octanol–water partition coefficient (Wildman–Crippen LogP) is 0.866. The second kappa shape index (κ2) is 6.66. The van der Waals surface area contributed by atoms with Gasteiger partial charge in [-0.1, -0.05) is 30.3 Å². The maximum atomic E-state index is 11.5. The van der Waals surface area contributed by atoms with E-state index in [4.69, 9.17) is 5.26 Å². The van der Waals surface area contributed by atoms with Crippen LogP contribution in [0, 0.1) is 17.2 Å². The van der Waals surface area contributed by atoms with E-state index in [1.165, 1.54) is 6.92 Å². The van der Waals surface area contributed by atoms with Crippen molar-refractivity contribution in [1.29, 1.82) is 5.26 Å². The number of rotatable bonds is 5. The minimum Gasteiger partial charge on any atom is -0.394 e. The van der Waals surface area contributed by atoms with E-state index in [0.29, 0.717) is 6.42 Å². The number of aliphatic hydroxyl groups excluding tert-OH is 1. The topological polar surface area (TPSA) is 73.1 Å². The van der Waals surface area contributed by atoms with E-state index < -0.39 is 5.92 Å². The number of nitrogens with zero attached hydrogens (tertiary/aromatic N) is 1.